The van der Waals surface area contributed by atoms with Gasteiger partial charge in [0.05, 0.1) is 16.7 Å². The third-order valence-corrected chi connectivity index (χ3v) is 5.62. The highest BCUT2D eigenvalue weighted by Crippen LogP contribution is 2.42. The van der Waals surface area contributed by atoms with E-state index in [0.29, 0.717) is 19.0 Å². The highest BCUT2D eigenvalue weighted by molar-refractivity contribution is 7.90. The minimum Gasteiger partial charge on any atom is -0.294 e. The molecule has 0 radical (unpaired) electrons. The van der Waals surface area contributed by atoms with Crippen LogP contribution in [0.4, 0.5) is 17.6 Å². The van der Waals surface area contributed by atoms with E-state index in [1.54, 1.807) is 0 Å². The maximum Gasteiger partial charge on any atom is 0.433 e. The summed E-state index contributed by atoms with van der Waals surface area (Å²) in [5.41, 5.74) is -2.59. The lowest BCUT2D eigenvalue weighted by molar-refractivity contribution is -0.140. The number of halogens is 4. The van der Waals surface area contributed by atoms with Crippen LogP contribution in [0.3, 0.4) is 0 Å². The van der Waals surface area contributed by atoms with E-state index >= 15 is 0 Å². The van der Waals surface area contributed by atoms with Gasteiger partial charge in [0.2, 0.25) is 0 Å². The Morgan fingerprint density at radius 3 is 2.33 bits per heavy atom. The molecule has 144 valence electrons. The number of hydrogen-bond acceptors (Lipinski definition) is 4. The maximum atomic E-state index is 14.4. The zero-order valence-electron chi connectivity index (χ0n) is 14.4. The second-order valence-electron chi connectivity index (χ2n) is 6.59. The molecule has 0 bridgehead atoms. The molecule has 2 aromatic rings. The van der Waals surface area contributed by atoms with Gasteiger partial charge in [-0.05, 0) is 37.0 Å². The topological polar surface area (TPSA) is 64.1 Å². The summed E-state index contributed by atoms with van der Waals surface area (Å²) in [5, 5.41) is 0. The second-order valence-corrected chi connectivity index (χ2v) is 8.58. The molecule has 1 fully saturated rings. The number of carbonyl (C=O) groups is 1. The van der Waals surface area contributed by atoms with Gasteiger partial charge >= 0.3 is 6.18 Å². The van der Waals surface area contributed by atoms with Crippen molar-refractivity contribution in [3.8, 4) is 11.1 Å². The van der Waals surface area contributed by atoms with Gasteiger partial charge in [-0.15, -0.1) is 0 Å². The first kappa shape index (κ1) is 19.5. The monoisotopic (exact) mass is 401 g/mol. The average molecular weight is 401 g/mol. The van der Waals surface area contributed by atoms with Gasteiger partial charge in [0.15, 0.2) is 27.1 Å². The molecule has 0 atom stereocenters. The fourth-order valence-corrected chi connectivity index (χ4v) is 3.95. The predicted molar refractivity (Wildman–Crippen MR) is 89.5 cm³/mol. The SMILES string of the molecule is Cc1cc(-c2c(C(F)(F)F)ncc(F)c2C(=O)C2CC2)ccc1S(C)(=O)=O. The van der Waals surface area contributed by atoms with Crippen molar-refractivity contribution in [1.82, 2.24) is 4.98 Å². The number of sulfone groups is 1. The summed E-state index contributed by atoms with van der Waals surface area (Å²) in [6.07, 6.45) is -2.55. The van der Waals surface area contributed by atoms with E-state index in [1.807, 2.05) is 0 Å². The Bertz CT molecular complexity index is 1040. The van der Waals surface area contributed by atoms with E-state index in [0.717, 1.165) is 18.4 Å². The van der Waals surface area contributed by atoms with Crippen molar-refractivity contribution in [1.29, 1.82) is 0 Å². The normalized spacial score (nSPS) is 15.0. The van der Waals surface area contributed by atoms with Crippen molar-refractivity contribution < 1.29 is 30.8 Å². The molecule has 3 rings (SSSR count). The van der Waals surface area contributed by atoms with Crippen LogP contribution >= 0.6 is 0 Å². The Kier molecular flexibility index (Phi) is 4.62. The highest BCUT2D eigenvalue weighted by atomic mass is 32.2. The van der Waals surface area contributed by atoms with Gasteiger partial charge < -0.3 is 0 Å². The number of nitrogens with zero attached hydrogens (tertiary/aromatic N) is 1. The fourth-order valence-electron chi connectivity index (χ4n) is 3.00. The zero-order valence-corrected chi connectivity index (χ0v) is 15.2. The van der Waals surface area contributed by atoms with E-state index < -0.39 is 50.4 Å². The number of Topliss-reactive ketones (excluding diaryl/α,β-unsaturated/α-hetero) is 1. The summed E-state index contributed by atoms with van der Waals surface area (Å²) in [6.45, 7) is 1.42. The third kappa shape index (κ3) is 3.73. The number of aromatic nitrogens is 1. The molecule has 1 heterocycles. The smallest absolute Gasteiger partial charge is 0.294 e. The van der Waals surface area contributed by atoms with Crippen molar-refractivity contribution in [2.24, 2.45) is 5.92 Å². The Hall–Kier alpha value is -2.29. The van der Waals surface area contributed by atoms with Crippen molar-refractivity contribution in [3.05, 3.63) is 47.0 Å². The molecule has 0 N–H and O–H groups in total. The number of carbonyl (C=O) groups excluding carboxylic acids is 1. The van der Waals surface area contributed by atoms with Crippen molar-refractivity contribution in [2.75, 3.05) is 6.26 Å². The lowest BCUT2D eigenvalue weighted by Crippen LogP contribution is -2.16. The standard InChI is InChI=1S/C18H15F4NO3S/c1-9-7-11(5-6-13(9)27(2,25)26)14-15(16(24)10-3-4-10)12(19)8-23-17(14)18(20,21)22/h5-8,10H,3-4H2,1-2H3. The molecule has 0 amide bonds. The molecule has 0 aliphatic heterocycles. The maximum absolute atomic E-state index is 14.4. The lowest BCUT2D eigenvalue weighted by atomic mass is 9.92. The van der Waals surface area contributed by atoms with Crippen LogP contribution < -0.4 is 0 Å². The predicted octanol–water partition coefficient (Wildman–Crippen LogP) is 4.21. The van der Waals surface area contributed by atoms with Crippen molar-refractivity contribution >= 4 is 15.6 Å². The van der Waals surface area contributed by atoms with E-state index in [9.17, 15) is 30.8 Å². The number of aryl methyl sites for hydroxylation is 1. The Labute approximate surface area is 153 Å². The number of rotatable bonds is 4. The molecular formula is C18H15F4NO3S. The van der Waals surface area contributed by atoms with E-state index in [2.05, 4.69) is 4.98 Å². The Morgan fingerprint density at radius 2 is 1.85 bits per heavy atom. The van der Waals surface area contributed by atoms with Gasteiger partial charge in [0.1, 0.15) is 0 Å². The largest absolute Gasteiger partial charge is 0.433 e. The van der Waals surface area contributed by atoms with Crippen LogP contribution in [0.15, 0.2) is 29.3 Å². The quantitative estimate of drug-likeness (QED) is 0.569. The molecule has 0 spiro atoms. The van der Waals surface area contributed by atoms with E-state index in [1.165, 1.54) is 13.0 Å². The van der Waals surface area contributed by atoms with Gasteiger partial charge in [0.25, 0.3) is 0 Å². The van der Waals surface area contributed by atoms with Gasteiger partial charge in [-0.1, -0.05) is 12.1 Å². The summed E-state index contributed by atoms with van der Waals surface area (Å²) in [4.78, 5) is 15.6. The molecule has 4 nitrogen and oxygen atoms in total. The van der Waals surface area contributed by atoms with Crippen molar-refractivity contribution in [2.45, 2.75) is 30.8 Å². The van der Waals surface area contributed by atoms with Gasteiger partial charge in [-0.25, -0.2) is 17.8 Å². The molecule has 0 saturated heterocycles. The molecule has 27 heavy (non-hydrogen) atoms. The average Bonchev–Trinajstić information content (AvgIpc) is 3.36. The summed E-state index contributed by atoms with van der Waals surface area (Å²) in [7, 11) is -3.59. The first-order chi connectivity index (χ1) is 12.4. The van der Waals surface area contributed by atoms with Crippen LogP contribution in [0.1, 0.15) is 34.5 Å². The second kappa shape index (κ2) is 6.40. The zero-order chi connectivity index (χ0) is 20.1. The summed E-state index contributed by atoms with van der Waals surface area (Å²) in [6, 6.07) is 3.49. The number of pyridine rings is 1. The third-order valence-electron chi connectivity index (χ3n) is 4.36. The molecule has 1 aromatic heterocycles. The lowest BCUT2D eigenvalue weighted by Gasteiger charge is -2.17. The number of benzene rings is 1. The van der Waals surface area contributed by atoms with Crippen molar-refractivity contribution in [3.63, 3.8) is 0 Å². The van der Waals surface area contributed by atoms with Crippen LogP contribution in [0, 0.1) is 18.7 Å². The minimum atomic E-state index is -4.91. The molecule has 1 saturated carbocycles. The molecule has 1 aromatic carbocycles. The Balaban J connectivity index is 2.32. The van der Waals surface area contributed by atoms with Crippen LogP contribution in [-0.4, -0.2) is 25.4 Å². The van der Waals surface area contributed by atoms with E-state index in [4.69, 9.17) is 0 Å². The molecule has 1 aliphatic rings. The fraction of sp³-hybridized carbons (Fsp3) is 0.333. The summed E-state index contributed by atoms with van der Waals surface area (Å²) >= 11 is 0. The van der Waals surface area contributed by atoms with Gasteiger partial charge in [-0.2, -0.15) is 13.2 Å². The Morgan fingerprint density at radius 1 is 1.22 bits per heavy atom. The highest BCUT2D eigenvalue weighted by Gasteiger charge is 2.41. The molecule has 9 heteroatoms. The number of hydrogen-bond donors (Lipinski definition) is 0. The molecular weight excluding hydrogens is 386 g/mol. The minimum absolute atomic E-state index is 0.0563. The van der Waals surface area contributed by atoms with E-state index in [-0.39, 0.29) is 16.0 Å². The summed E-state index contributed by atoms with van der Waals surface area (Å²) in [5.74, 6) is -2.32. The first-order valence-electron chi connectivity index (χ1n) is 8.02. The van der Waals surface area contributed by atoms with Crippen LogP contribution in [0.25, 0.3) is 11.1 Å². The van der Waals surface area contributed by atoms with Crippen LogP contribution in [0.5, 0.6) is 0 Å². The first-order valence-corrected chi connectivity index (χ1v) is 9.91. The summed E-state index contributed by atoms with van der Waals surface area (Å²) < 4.78 is 78.4. The van der Waals surface area contributed by atoms with Crippen LogP contribution in [-0.2, 0) is 16.0 Å². The van der Waals surface area contributed by atoms with Gasteiger partial charge in [0, 0.05) is 17.7 Å². The molecule has 0 unspecified atom stereocenters. The van der Waals surface area contributed by atoms with Crippen LogP contribution in [0.2, 0.25) is 0 Å². The number of ketones is 1. The van der Waals surface area contributed by atoms with Gasteiger partial charge in [-0.3, -0.25) is 4.79 Å². The number of alkyl halides is 3. The molecule has 1 aliphatic carbocycles.